The lowest BCUT2D eigenvalue weighted by Crippen LogP contribution is -2.27. The van der Waals surface area contributed by atoms with Gasteiger partial charge in [0.05, 0.1) is 48.5 Å². The topological polar surface area (TPSA) is 82.1 Å². The van der Waals surface area contributed by atoms with Crippen molar-refractivity contribution < 1.29 is 0 Å². The van der Waals surface area contributed by atoms with Crippen LogP contribution in [-0.4, -0.2) is 44.4 Å². The Morgan fingerprint density at radius 2 is 1.40 bits per heavy atom. The Hall–Kier alpha value is -2.24. The van der Waals surface area contributed by atoms with Crippen LogP contribution in [0.15, 0.2) is 35.0 Å². The highest BCUT2D eigenvalue weighted by Crippen LogP contribution is 2.23. The molecule has 1 aliphatic carbocycles. The summed E-state index contributed by atoms with van der Waals surface area (Å²) in [5.41, 5.74) is 1.87. The Balaban J connectivity index is 1.67. The molecule has 0 bridgehead atoms. The molecule has 1 fully saturated rings. The standard InChI is InChI=1S/C14H18N6/c1-2-4-14(18-8-12-6-16-10-20-12)13(3-1)17-7-11-5-15-9-19-11/h5-10,13-14H,1-4H2,(H,15,19)(H,16,20)/t13-,14-/m0/s1. The van der Waals surface area contributed by atoms with Gasteiger partial charge in [0.15, 0.2) is 0 Å². The number of aromatic nitrogens is 4. The molecule has 0 aromatic carbocycles. The molecule has 2 heterocycles. The monoisotopic (exact) mass is 270 g/mol. The van der Waals surface area contributed by atoms with E-state index in [9.17, 15) is 0 Å². The van der Waals surface area contributed by atoms with Crippen molar-refractivity contribution in [3.05, 3.63) is 36.4 Å². The Morgan fingerprint density at radius 1 is 0.900 bits per heavy atom. The molecule has 1 saturated carbocycles. The molecule has 0 spiro atoms. The Labute approximate surface area is 117 Å². The van der Waals surface area contributed by atoms with Gasteiger partial charge in [0.2, 0.25) is 0 Å². The average Bonchev–Trinajstić information content (AvgIpc) is 3.17. The second-order valence-electron chi connectivity index (χ2n) is 4.99. The van der Waals surface area contributed by atoms with Crippen molar-refractivity contribution in [2.75, 3.05) is 0 Å². The van der Waals surface area contributed by atoms with Crippen LogP contribution in [0.5, 0.6) is 0 Å². The summed E-state index contributed by atoms with van der Waals surface area (Å²) in [7, 11) is 0. The molecule has 1 aliphatic rings. The molecule has 2 aromatic heterocycles. The van der Waals surface area contributed by atoms with Crippen LogP contribution in [0.4, 0.5) is 0 Å². The number of nitrogens with one attached hydrogen (secondary N) is 2. The molecule has 0 aliphatic heterocycles. The van der Waals surface area contributed by atoms with E-state index in [0.717, 1.165) is 24.2 Å². The lowest BCUT2D eigenvalue weighted by molar-refractivity contribution is 0.390. The van der Waals surface area contributed by atoms with Gasteiger partial charge < -0.3 is 9.97 Å². The van der Waals surface area contributed by atoms with Gasteiger partial charge in [-0.15, -0.1) is 0 Å². The molecule has 2 atom stereocenters. The van der Waals surface area contributed by atoms with E-state index < -0.39 is 0 Å². The van der Waals surface area contributed by atoms with E-state index in [-0.39, 0.29) is 12.1 Å². The molecule has 2 N–H and O–H groups in total. The zero-order chi connectivity index (χ0) is 13.6. The smallest absolute Gasteiger partial charge is 0.0924 e. The number of nitrogens with zero attached hydrogens (tertiary/aromatic N) is 4. The Morgan fingerprint density at radius 3 is 1.80 bits per heavy atom. The van der Waals surface area contributed by atoms with Gasteiger partial charge in [0, 0.05) is 12.4 Å². The molecule has 2 aromatic rings. The van der Waals surface area contributed by atoms with E-state index in [1.807, 2.05) is 12.4 Å². The van der Waals surface area contributed by atoms with Crippen molar-refractivity contribution in [3.8, 4) is 0 Å². The number of hydrogen-bond donors (Lipinski definition) is 2. The van der Waals surface area contributed by atoms with Crippen LogP contribution in [0, 0.1) is 0 Å². The quantitative estimate of drug-likeness (QED) is 0.833. The number of hydrogen-bond acceptors (Lipinski definition) is 4. The molecular formula is C14H18N6. The Kier molecular flexibility index (Phi) is 4.01. The van der Waals surface area contributed by atoms with Gasteiger partial charge in [0.25, 0.3) is 0 Å². The molecule has 6 nitrogen and oxygen atoms in total. The Bertz CT molecular complexity index is 502. The van der Waals surface area contributed by atoms with E-state index in [0.29, 0.717) is 0 Å². The molecule has 3 rings (SSSR count). The summed E-state index contributed by atoms with van der Waals surface area (Å²) in [6, 6.07) is 0.512. The first-order chi connectivity index (χ1) is 9.92. The van der Waals surface area contributed by atoms with E-state index >= 15 is 0 Å². The molecule has 0 radical (unpaired) electrons. The fraction of sp³-hybridized carbons (Fsp3) is 0.429. The third kappa shape index (κ3) is 3.20. The van der Waals surface area contributed by atoms with Crippen molar-refractivity contribution in [3.63, 3.8) is 0 Å². The zero-order valence-electron chi connectivity index (χ0n) is 11.2. The summed E-state index contributed by atoms with van der Waals surface area (Å²) < 4.78 is 0. The summed E-state index contributed by atoms with van der Waals surface area (Å²) in [4.78, 5) is 23.4. The van der Waals surface area contributed by atoms with Crippen LogP contribution in [0.25, 0.3) is 0 Å². The van der Waals surface area contributed by atoms with Crippen LogP contribution < -0.4 is 0 Å². The molecule has 104 valence electrons. The number of imidazole rings is 2. The molecule has 20 heavy (non-hydrogen) atoms. The van der Waals surface area contributed by atoms with Crippen LogP contribution >= 0.6 is 0 Å². The predicted molar refractivity (Wildman–Crippen MR) is 78.4 cm³/mol. The second-order valence-corrected chi connectivity index (χ2v) is 4.99. The van der Waals surface area contributed by atoms with Crippen molar-refractivity contribution in [1.29, 1.82) is 0 Å². The fourth-order valence-corrected chi connectivity index (χ4v) is 2.47. The first kappa shape index (κ1) is 12.8. The fourth-order valence-electron chi connectivity index (χ4n) is 2.47. The van der Waals surface area contributed by atoms with Gasteiger partial charge in [-0.1, -0.05) is 12.8 Å². The normalized spacial score (nSPS) is 23.8. The lowest BCUT2D eigenvalue weighted by Gasteiger charge is -2.25. The van der Waals surface area contributed by atoms with Crippen molar-refractivity contribution in [2.45, 2.75) is 37.8 Å². The number of aliphatic imine (C=N–C) groups is 2. The van der Waals surface area contributed by atoms with E-state index in [1.165, 1.54) is 12.8 Å². The van der Waals surface area contributed by atoms with Gasteiger partial charge in [-0.2, -0.15) is 0 Å². The van der Waals surface area contributed by atoms with Crippen LogP contribution in [0.1, 0.15) is 37.1 Å². The van der Waals surface area contributed by atoms with Gasteiger partial charge >= 0.3 is 0 Å². The SMILES string of the molecule is C(=N[C@H]1CCCC[C@@H]1N=Cc1cnc[nH]1)c1cnc[nH]1. The van der Waals surface area contributed by atoms with Crippen LogP contribution in [-0.2, 0) is 0 Å². The van der Waals surface area contributed by atoms with Gasteiger partial charge in [-0.05, 0) is 12.8 Å². The first-order valence-corrected chi connectivity index (χ1v) is 6.95. The minimum Gasteiger partial charge on any atom is -0.344 e. The third-order valence-electron chi connectivity index (χ3n) is 3.54. The molecule has 0 amide bonds. The number of H-pyrrole nitrogens is 2. The van der Waals surface area contributed by atoms with Gasteiger partial charge in [-0.25, -0.2) is 9.97 Å². The lowest BCUT2D eigenvalue weighted by atomic mass is 9.91. The maximum Gasteiger partial charge on any atom is 0.0924 e. The molecule has 0 saturated heterocycles. The number of rotatable bonds is 4. The van der Waals surface area contributed by atoms with E-state index in [1.54, 1.807) is 25.0 Å². The molecule has 6 heteroatoms. The van der Waals surface area contributed by atoms with Crippen molar-refractivity contribution >= 4 is 12.4 Å². The highest BCUT2D eigenvalue weighted by Gasteiger charge is 2.23. The second kappa shape index (κ2) is 6.27. The largest absolute Gasteiger partial charge is 0.344 e. The predicted octanol–water partition coefficient (Wildman–Crippen LogP) is 1.98. The van der Waals surface area contributed by atoms with Crippen LogP contribution in [0.2, 0.25) is 0 Å². The minimum absolute atomic E-state index is 0.256. The van der Waals surface area contributed by atoms with E-state index in [2.05, 4.69) is 29.9 Å². The maximum atomic E-state index is 4.67. The maximum absolute atomic E-state index is 4.67. The number of aromatic amines is 2. The minimum atomic E-state index is 0.256. The third-order valence-corrected chi connectivity index (χ3v) is 3.54. The van der Waals surface area contributed by atoms with Crippen molar-refractivity contribution in [1.82, 2.24) is 19.9 Å². The van der Waals surface area contributed by atoms with Gasteiger partial charge in [-0.3, -0.25) is 9.98 Å². The summed E-state index contributed by atoms with van der Waals surface area (Å²) in [6.07, 6.45) is 15.2. The summed E-state index contributed by atoms with van der Waals surface area (Å²) >= 11 is 0. The summed E-state index contributed by atoms with van der Waals surface area (Å²) in [5, 5.41) is 0. The van der Waals surface area contributed by atoms with Crippen LogP contribution in [0.3, 0.4) is 0 Å². The highest BCUT2D eigenvalue weighted by molar-refractivity contribution is 5.77. The zero-order valence-corrected chi connectivity index (χ0v) is 11.2. The molecule has 0 unspecified atom stereocenters. The van der Waals surface area contributed by atoms with Gasteiger partial charge in [0.1, 0.15) is 0 Å². The first-order valence-electron chi connectivity index (χ1n) is 6.95. The molecular weight excluding hydrogens is 252 g/mol. The summed E-state index contributed by atoms with van der Waals surface area (Å²) in [5.74, 6) is 0. The van der Waals surface area contributed by atoms with Crippen molar-refractivity contribution in [2.24, 2.45) is 9.98 Å². The summed E-state index contributed by atoms with van der Waals surface area (Å²) in [6.45, 7) is 0. The van der Waals surface area contributed by atoms with E-state index in [4.69, 9.17) is 0 Å². The average molecular weight is 270 g/mol. The highest BCUT2D eigenvalue weighted by atomic mass is 14.9.